The van der Waals surface area contributed by atoms with Crippen LogP contribution >= 0.6 is 0 Å². The molecule has 3 amide bonds. The van der Waals surface area contributed by atoms with Crippen LogP contribution < -0.4 is 19.5 Å². The molecule has 8 heteroatoms. The highest BCUT2D eigenvalue weighted by molar-refractivity contribution is 6.11. The quantitative estimate of drug-likeness (QED) is 0.568. The van der Waals surface area contributed by atoms with Gasteiger partial charge in [0.25, 0.3) is 5.91 Å². The summed E-state index contributed by atoms with van der Waals surface area (Å²) < 4.78 is 15.6. The number of Topliss-reactive ketones (excluding diaryl/α,β-unsaturated/α-hetero) is 1. The Hall–Kier alpha value is -3.55. The molecule has 2 aromatic carbocycles. The first-order valence-corrected chi connectivity index (χ1v) is 8.88. The van der Waals surface area contributed by atoms with Crippen LogP contribution in [-0.4, -0.2) is 50.5 Å². The molecule has 1 saturated heterocycles. The molecule has 0 aromatic heterocycles. The van der Waals surface area contributed by atoms with Gasteiger partial charge < -0.3 is 19.5 Å². The zero-order chi connectivity index (χ0) is 21.2. The van der Waals surface area contributed by atoms with Crippen LogP contribution in [0, 0.1) is 0 Å². The van der Waals surface area contributed by atoms with E-state index in [4.69, 9.17) is 14.2 Å². The van der Waals surface area contributed by atoms with E-state index in [0.717, 1.165) is 4.90 Å². The fourth-order valence-corrected chi connectivity index (χ4v) is 3.23. The van der Waals surface area contributed by atoms with Crippen molar-refractivity contribution >= 4 is 17.7 Å². The average Bonchev–Trinajstić information content (AvgIpc) is 2.97. The summed E-state index contributed by atoms with van der Waals surface area (Å²) in [7, 11) is 4.43. The van der Waals surface area contributed by atoms with Gasteiger partial charge in [0.05, 0.1) is 33.4 Å². The van der Waals surface area contributed by atoms with Gasteiger partial charge in [0.15, 0.2) is 5.78 Å². The van der Waals surface area contributed by atoms with Crippen LogP contribution in [0.5, 0.6) is 17.2 Å². The largest absolute Gasteiger partial charge is 0.497 e. The van der Waals surface area contributed by atoms with Gasteiger partial charge in [-0.05, 0) is 42.8 Å². The highest BCUT2D eigenvalue weighted by Gasteiger charge is 2.49. The number of carbonyl (C=O) groups excluding carboxylic acids is 3. The second-order valence-corrected chi connectivity index (χ2v) is 6.67. The lowest BCUT2D eigenvalue weighted by Gasteiger charge is -2.22. The van der Waals surface area contributed by atoms with Crippen molar-refractivity contribution in [3.05, 3.63) is 53.6 Å². The third-order valence-electron chi connectivity index (χ3n) is 4.93. The van der Waals surface area contributed by atoms with Crippen LogP contribution in [0.15, 0.2) is 42.5 Å². The predicted octanol–water partition coefficient (Wildman–Crippen LogP) is 2.36. The molecule has 0 bridgehead atoms. The molecule has 152 valence electrons. The molecule has 8 nitrogen and oxygen atoms in total. The summed E-state index contributed by atoms with van der Waals surface area (Å²) in [6.45, 7) is 1.17. The standard InChI is InChI=1S/C21H22N2O6/c1-21(13-6-5-7-14(10-13)27-2)19(25)23(20(26)22-21)12-17(24)16-11-15(28-3)8-9-18(16)29-4/h5-11H,12H2,1-4H3,(H,22,26)/t21-/m0/s1. The summed E-state index contributed by atoms with van der Waals surface area (Å²) in [6.07, 6.45) is 0. The molecule has 1 aliphatic heterocycles. The minimum atomic E-state index is -1.30. The maximum atomic E-state index is 13.1. The van der Waals surface area contributed by atoms with Crippen molar-refractivity contribution in [3.63, 3.8) is 0 Å². The van der Waals surface area contributed by atoms with Gasteiger partial charge in [-0.15, -0.1) is 0 Å². The van der Waals surface area contributed by atoms with Crippen LogP contribution in [0.4, 0.5) is 4.79 Å². The number of nitrogens with one attached hydrogen (secondary N) is 1. The SMILES string of the molecule is COc1cccc([C@]2(C)NC(=O)N(CC(=O)c3cc(OC)ccc3OC)C2=O)c1. The van der Waals surface area contributed by atoms with Crippen LogP contribution in [0.2, 0.25) is 0 Å². The summed E-state index contributed by atoms with van der Waals surface area (Å²) in [5.41, 5.74) is -0.517. The van der Waals surface area contributed by atoms with Gasteiger partial charge in [-0.25, -0.2) is 4.79 Å². The predicted molar refractivity (Wildman–Crippen MR) is 104 cm³/mol. The minimum Gasteiger partial charge on any atom is -0.497 e. The van der Waals surface area contributed by atoms with Crippen molar-refractivity contribution in [2.45, 2.75) is 12.5 Å². The maximum absolute atomic E-state index is 13.1. The third kappa shape index (κ3) is 3.61. The van der Waals surface area contributed by atoms with Crippen LogP contribution in [0.25, 0.3) is 0 Å². The lowest BCUT2D eigenvalue weighted by Crippen LogP contribution is -2.41. The molecule has 0 spiro atoms. The Bertz CT molecular complexity index is 973. The van der Waals surface area contributed by atoms with E-state index < -0.39 is 29.8 Å². The number of benzene rings is 2. The fourth-order valence-electron chi connectivity index (χ4n) is 3.23. The molecule has 0 radical (unpaired) electrons. The Balaban J connectivity index is 1.88. The molecule has 0 aliphatic carbocycles. The van der Waals surface area contributed by atoms with Gasteiger partial charge in [0.2, 0.25) is 0 Å². The smallest absolute Gasteiger partial charge is 0.325 e. The summed E-state index contributed by atoms with van der Waals surface area (Å²) in [5.74, 6) is 0.387. The average molecular weight is 398 g/mol. The van der Waals surface area contributed by atoms with E-state index >= 15 is 0 Å². The topological polar surface area (TPSA) is 94.2 Å². The maximum Gasteiger partial charge on any atom is 0.325 e. The number of imide groups is 1. The number of hydrogen-bond donors (Lipinski definition) is 1. The molecule has 1 atom stereocenters. The molecule has 1 aliphatic rings. The summed E-state index contributed by atoms with van der Waals surface area (Å²) in [4.78, 5) is 39.4. The van der Waals surface area contributed by atoms with Crippen molar-refractivity contribution < 1.29 is 28.6 Å². The number of carbonyl (C=O) groups is 3. The highest BCUT2D eigenvalue weighted by Crippen LogP contribution is 2.31. The van der Waals surface area contributed by atoms with Crippen molar-refractivity contribution in [3.8, 4) is 17.2 Å². The van der Waals surface area contributed by atoms with Crippen LogP contribution in [0.1, 0.15) is 22.8 Å². The Morgan fingerprint density at radius 2 is 1.69 bits per heavy atom. The van der Waals surface area contributed by atoms with E-state index in [0.29, 0.717) is 22.8 Å². The van der Waals surface area contributed by atoms with Gasteiger partial charge in [0.1, 0.15) is 22.8 Å². The number of ether oxygens (including phenoxy) is 3. The lowest BCUT2D eigenvalue weighted by molar-refractivity contribution is -0.130. The van der Waals surface area contributed by atoms with E-state index in [2.05, 4.69) is 5.32 Å². The zero-order valence-electron chi connectivity index (χ0n) is 16.6. The molecule has 1 fully saturated rings. The van der Waals surface area contributed by atoms with E-state index in [1.165, 1.54) is 27.4 Å². The van der Waals surface area contributed by atoms with Crippen LogP contribution in [-0.2, 0) is 10.3 Å². The summed E-state index contributed by atoms with van der Waals surface area (Å²) in [6, 6.07) is 11.0. The van der Waals surface area contributed by atoms with Crippen molar-refractivity contribution in [2.24, 2.45) is 0 Å². The molecular weight excluding hydrogens is 376 g/mol. The minimum absolute atomic E-state index is 0.224. The fraction of sp³-hybridized carbons (Fsp3) is 0.286. The van der Waals surface area contributed by atoms with Gasteiger partial charge in [-0.2, -0.15) is 0 Å². The molecule has 2 aromatic rings. The summed E-state index contributed by atoms with van der Waals surface area (Å²) >= 11 is 0. The Morgan fingerprint density at radius 1 is 1.00 bits per heavy atom. The van der Waals surface area contributed by atoms with Crippen molar-refractivity contribution in [1.82, 2.24) is 10.2 Å². The van der Waals surface area contributed by atoms with E-state index in [1.54, 1.807) is 43.3 Å². The first kappa shape index (κ1) is 20.2. The summed E-state index contributed by atoms with van der Waals surface area (Å²) in [5, 5.41) is 2.68. The molecule has 0 unspecified atom stereocenters. The number of rotatable bonds is 7. The second-order valence-electron chi connectivity index (χ2n) is 6.67. The Morgan fingerprint density at radius 3 is 2.34 bits per heavy atom. The van der Waals surface area contributed by atoms with Gasteiger partial charge in [0, 0.05) is 0 Å². The molecule has 29 heavy (non-hydrogen) atoms. The van der Waals surface area contributed by atoms with Crippen molar-refractivity contribution in [1.29, 1.82) is 0 Å². The number of hydrogen-bond acceptors (Lipinski definition) is 6. The lowest BCUT2D eigenvalue weighted by atomic mass is 9.92. The first-order chi connectivity index (χ1) is 13.8. The second kappa shape index (κ2) is 7.83. The van der Waals surface area contributed by atoms with Crippen molar-refractivity contribution in [2.75, 3.05) is 27.9 Å². The third-order valence-corrected chi connectivity index (χ3v) is 4.93. The Kier molecular flexibility index (Phi) is 5.45. The molecule has 1 heterocycles. The molecular formula is C21H22N2O6. The number of nitrogens with zero attached hydrogens (tertiary/aromatic N) is 1. The number of methoxy groups -OCH3 is 3. The highest BCUT2D eigenvalue weighted by atomic mass is 16.5. The number of amides is 3. The van der Waals surface area contributed by atoms with Gasteiger partial charge >= 0.3 is 6.03 Å². The van der Waals surface area contributed by atoms with E-state index in [1.807, 2.05) is 0 Å². The normalized spacial score (nSPS) is 18.4. The van der Waals surface area contributed by atoms with Crippen LogP contribution in [0.3, 0.4) is 0 Å². The van der Waals surface area contributed by atoms with E-state index in [-0.39, 0.29) is 5.56 Å². The number of urea groups is 1. The monoisotopic (exact) mass is 398 g/mol. The van der Waals surface area contributed by atoms with Gasteiger partial charge in [-0.3, -0.25) is 14.5 Å². The number of ketones is 1. The Labute approximate surface area is 168 Å². The molecule has 0 saturated carbocycles. The molecule has 3 rings (SSSR count). The van der Waals surface area contributed by atoms with E-state index in [9.17, 15) is 14.4 Å². The first-order valence-electron chi connectivity index (χ1n) is 8.88. The zero-order valence-corrected chi connectivity index (χ0v) is 16.6. The molecule has 1 N–H and O–H groups in total. The van der Waals surface area contributed by atoms with Gasteiger partial charge in [-0.1, -0.05) is 12.1 Å².